The standard InChI is InChI=1S/C16H14Cl2N2O2/c1-15(10-16(15,17)18)14(21)20-12-8-5-9-19-13(12)22-11-6-3-2-4-7-11/h2-9H,10H2,1H3,(H,20,21)/t15-/m0/s1. The van der Waals surface area contributed by atoms with Crippen molar-refractivity contribution in [3.05, 3.63) is 48.7 Å². The number of carbonyl (C=O) groups is 1. The summed E-state index contributed by atoms with van der Waals surface area (Å²) in [4.78, 5) is 16.5. The van der Waals surface area contributed by atoms with Gasteiger partial charge in [0.05, 0.1) is 5.41 Å². The molecule has 1 saturated carbocycles. The first-order valence-electron chi connectivity index (χ1n) is 6.80. The summed E-state index contributed by atoms with van der Waals surface area (Å²) in [6.07, 6.45) is 2.02. The number of aromatic nitrogens is 1. The lowest BCUT2D eigenvalue weighted by atomic mass is 10.1. The average molecular weight is 337 g/mol. The number of nitrogens with one attached hydrogen (secondary N) is 1. The Morgan fingerprint density at radius 2 is 1.91 bits per heavy atom. The number of benzene rings is 1. The molecule has 1 aromatic carbocycles. The molecular formula is C16H14Cl2N2O2. The van der Waals surface area contributed by atoms with Crippen molar-refractivity contribution in [2.24, 2.45) is 5.41 Å². The molecule has 1 heterocycles. The number of nitrogens with zero attached hydrogens (tertiary/aromatic N) is 1. The fourth-order valence-electron chi connectivity index (χ4n) is 2.07. The lowest BCUT2D eigenvalue weighted by molar-refractivity contribution is -0.120. The summed E-state index contributed by atoms with van der Waals surface area (Å²) in [5, 5.41) is 2.79. The van der Waals surface area contributed by atoms with Gasteiger partial charge in [0, 0.05) is 6.20 Å². The maximum absolute atomic E-state index is 12.4. The van der Waals surface area contributed by atoms with Gasteiger partial charge in [0.15, 0.2) is 0 Å². The Kier molecular flexibility index (Phi) is 3.75. The number of para-hydroxylation sites is 1. The van der Waals surface area contributed by atoms with Gasteiger partial charge >= 0.3 is 0 Å². The van der Waals surface area contributed by atoms with E-state index >= 15 is 0 Å². The predicted molar refractivity (Wildman–Crippen MR) is 86.5 cm³/mol. The van der Waals surface area contributed by atoms with Gasteiger partial charge in [-0.25, -0.2) is 4.98 Å². The van der Waals surface area contributed by atoms with Crippen molar-refractivity contribution in [3.8, 4) is 11.6 Å². The van der Waals surface area contributed by atoms with Crippen LogP contribution in [0, 0.1) is 5.41 Å². The highest BCUT2D eigenvalue weighted by atomic mass is 35.5. The van der Waals surface area contributed by atoms with Gasteiger partial charge in [-0.05, 0) is 37.6 Å². The number of anilines is 1. The molecule has 1 aliphatic carbocycles. The first-order chi connectivity index (χ1) is 10.4. The topological polar surface area (TPSA) is 51.2 Å². The minimum Gasteiger partial charge on any atom is -0.437 e. The number of alkyl halides is 2. The SMILES string of the molecule is C[C@@]1(C(=O)Nc2cccnc2Oc2ccccc2)CC1(Cl)Cl. The van der Waals surface area contributed by atoms with E-state index in [1.807, 2.05) is 30.3 Å². The molecule has 0 radical (unpaired) electrons. The highest BCUT2D eigenvalue weighted by molar-refractivity contribution is 6.53. The molecule has 0 unspecified atom stereocenters. The number of rotatable bonds is 4. The monoisotopic (exact) mass is 336 g/mol. The Morgan fingerprint density at radius 1 is 1.23 bits per heavy atom. The average Bonchev–Trinajstić information content (AvgIpc) is 3.02. The van der Waals surface area contributed by atoms with E-state index in [1.54, 1.807) is 25.3 Å². The van der Waals surface area contributed by atoms with Crippen molar-refractivity contribution < 1.29 is 9.53 Å². The van der Waals surface area contributed by atoms with Crippen LogP contribution in [0.2, 0.25) is 0 Å². The van der Waals surface area contributed by atoms with Crippen molar-refractivity contribution in [2.75, 3.05) is 5.32 Å². The number of hydrogen-bond acceptors (Lipinski definition) is 3. The Hall–Kier alpha value is -1.78. The maximum atomic E-state index is 12.4. The van der Waals surface area contributed by atoms with Gasteiger partial charge in [-0.15, -0.1) is 23.2 Å². The summed E-state index contributed by atoms with van der Waals surface area (Å²) in [5.74, 6) is 0.711. The zero-order valence-corrected chi connectivity index (χ0v) is 13.4. The summed E-state index contributed by atoms with van der Waals surface area (Å²) in [5.41, 5.74) is -0.315. The van der Waals surface area contributed by atoms with Gasteiger partial charge in [0.25, 0.3) is 0 Å². The third-order valence-electron chi connectivity index (χ3n) is 3.74. The van der Waals surface area contributed by atoms with Gasteiger partial charge in [-0.2, -0.15) is 0 Å². The summed E-state index contributed by atoms with van der Waals surface area (Å²) >= 11 is 12.1. The van der Waals surface area contributed by atoms with Gasteiger partial charge in [-0.3, -0.25) is 4.79 Å². The minimum atomic E-state index is -1.01. The normalized spacial score (nSPS) is 22.0. The van der Waals surface area contributed by atoms with E-state index in [0.717, 1.165) is 0 Å². The Balaban J connectivity index is 1.79. The van der Waals surface area contributed by atoms with Gasteiger partial charge < -0.3 is 10.1 Å². The molecule has 0 spiro atoms. The largest absolute Gasteiger partial charge is 0.437 e. The molecule has 0 saturated heterocycles. The smallest absolute Gasteiger partial charge is 0.243 e. The number of hydrogen-bond donors (Lipinski definition) is 1. The van der Waals surface area contributed by atoms with Crippen LogP contribution in [-0.4, -0.2) is 15.2 Å². The number of carbonyl (C=O) groups excluding carboxylic acids is 1. The van der Waals surface area contributed by atoms with Crippen LogP contribution in [0.1, 0.15) is 13.3 Å². The molecule has 0 aliphatic heterocycles. The van der Waals surface area contributed by atoms with Crippen LogP contribution < -0.4 is 10.1 Å². The molecule has 0 bridgehead atoms. The van der Waals surface area contributed by atoms with Crippen LogP contribution in [0.15, 0.2) is 48.7 Å². The molecule has 1 aromatic heterocycles. The highest BCUT2D eigenvalue weighted by Crippen LogP contribution is 2.64. The molecule has 114 valence electrons. The fraction of sp³-hybridized carbons (Fsp3) is 0.250. The number of pyridine rings is 1. The van der Waals surface area contributed by atoms with E-state index in [9.17, 15) is 4.79 Å². The Bertz CT molecular complexity index is 706. The summed E-state index contributed by atoms with van der Waals surface area (Å²) in [7, 11) is 0. The molecule has 2 aromatic rings. The van der Waals surface area contributed by atoms with Gasteiger partial charge in [0.2, 0.25) is 11.8 Å². The minimum absolute atomic E-state index is 0.247. The van der Waals surface area contributed by atoms with Crippen LogP contribution in [0.3, 0.4) is 0 Å². The van der Waals surface area contributed by atoms with E-state index in [0.29, 0.717) is 23.7 Å². The van der Waals surface area contributed by atoms with E-state index < -0.39 is 9.75 Å². The Labute approximate surface area is 138 Å². The van der Waals surface area contributed by atoms with Crippen LogP contribution in [0.4, 0.5) is 5.69 Å². The third kappa shape index (κ3) is 2.76. The second kappa shape index (κ2) is 5.45. The van der Waals surface area contributed by atoms with Crippen molar-refractivity contribution >= 4 is 34.8 Å². The summed E-state index contributed by atoms with van der Waals surface area (Å²) < 4.78 is 4.69. The summed E-state index contributed by atoms with van der Waals surface area (Å²) in [6, 6.07) is 12.7. The highest BCUT2D eigenvalue weighted by Gasteiger charge is 2.68. The quantitative estimate of drug-likeness (QED) is 0.842. The second-order valence-corrected chi connectivity index (χ2v) is 6.92. The van der Waals surface area contributed by atoms with E-state index in [4.69, 9.17) is 27.9 Å². The van der Waals surface area contributed by atoms with Crippen molar-refractivity contribution in [3.63, 3.8) is 0 Å². The lowest BCUT2D eigenvalue weighted by Crippen LogP contribution is -2.26. The molecule has 1 N–H and O–H groups in total. The molecule has 1 aliphatic rings. The number of ether oxygens (including phenoxy) is 1. The van der Waals surface area contributed by atoms with Crippen molar-refractivity contribution in [1.82, 2.24) is 4.98 Å². The number of halogens is 2. The molecule has 3 rings (SSSR count). The first kappa shape index (κ1) is 15.1. The Morgan fingerprint density at radius 3 is 2.55 bits per heavy atom. The summed E-state index contributed by atoms with van der Waals surface area (Å²) in [6.45, 7) is 1.73. The molecule has 4 nitrogen and oxygen atoms in total. The molecule has 22 heavy (non-hydrogen) atoms. The van der Waals surface area contributed by atoms with Crippen LogP contribution in [-0.2, 0) is 4.79 Å². The van der Waals surface area contributed by atoms with E-state index in [1.165, 1.54) is 0 Å². The first-order valence-corrected chi connectivity index (χ1v) is 7.55. The zero-order valence-electron chi connectivity index (χ0n) is 11.8. The molecular weight excluding hydrogens is 323 g/mol. The van der Waals surface area contributed by atoms with Crippen molar-refractivity contribution in [2.45, 2.75) is 17.7 Å². The fourth-order valence-corrected chi connectivity index (χ4v) is 2.78. The van der Waals surface area contributed by atoms with Crippen molar-refractivity contribution in [1.29, 1.82) is 0 Å². The molecule has 1 atom stereocenters. The molecule has 1 fully saturated rings. The molecule has 1 amide bonds. The van der Waals surface area contributed by atoms with Gasteiger partial charge in [-0.1, -0.05) is 18.2 Å². The van der Waals surface area contributed by atoms with E-state index in [2.05, 4.69) is 10.3 Å². The van der Waals surface area contributed by atoms with E-state index in [-0.39, 0.29) is 5.91 Å². The maximum Gasteiger partial charge on any atom is 0.243 e. The van der Waals surface area contributed by atoms with Crippen LogP contribution in [0.25, 0.3) is 0 Å². The van der Waals surface area contributed by atoms with Gasteiger partial charge in [0.1, 0.15) is 15.8 Å². The second-order valence-electron chi connectivity index (χ2n) is 5.44. The van der Waals surface area contributed by atoms with Crippen LogP contribution >= 0.6 is 23.2 Å². The number of amides is 1. The third-order valence-corrected chi connectivity index (χ3v) is 4.84. The zero-order chi connectivity index (χ0) is 15.8. The van der Waals surface area contributed by atoms with Crippen LogP contribution in [0.5, 0.6) is 11.6 Å². The molecule has 6 heteroatoms. The predicted octanol–water partition coefficient (Wildman–Crippen LogP) is 4.40. The lowest BCUT2D eigenvalue weighted by Gasteiger charge is -2.15.